The third-order valence-corrected chi connectivity index (χ3v) is 3.07. The molecule has 0 fully saturated rings. The van der Waals surface area contributed by atoms with E-state index in [2.05, 4.69) is 25.8 Å². The average Bonchev–Trinajstić information content (AvgIpc) is 2.69. The zero-order chi connectivity index (χ0) is 14.0. The summed E-state index contributed by atoms with van der Waals surface area (Å²) in [5.74, 6) is -0.243. The lowest BCUT2D eigenvalue weighted by Gasteiger charge is -2.08. The van der Waals surface area contributed by atoms with Gasteiger partial charge in [-0.2, -0.15) is 5.10 Å². The molecule has 0 N–H and O–H groups in total. The first-order valence-corrected chi connectivity index (χ1v) is 6.46. The van der Waals surface area contributed by atoms with E-state index in [4.69, 9.17) is 0 Å². The van der Waals surface area contributed by atoms with Crippen molar-refractivity contribution < 1.29 is 17.9 Å². The van der Waals surface area contributed by atoms with Gasteiger partial charge in [-0.3, -0.25) is 4.68 Å². The highest BCUT2D eigenvalue weighted by atomic mass is 79.9. The van der Waals surface area contributed by atoms with Crippen molar-refractivity contribution >= 4 is 15.9 Å². The topological polar surface area (TPSA) is 27.1 Å². The van der Waals surface area contributed by atoms with Crippen molar-refractivity contribution in [2.45, 2.75) is 11.7 Å². The minimum absolute atomic E-state index is 0.243. The maximum atomic E-state index is 12.0. The van der Waals surface area contributed by atoms with E-state index in [9.17, 15) is 13.2 Å². The fraction of sp³-hybridized carbons (Fsp3) is 0.250. The van der Waals surface area contributed by atoms with Crippen LogP contribution >= 0.6 is 15.9 Å². The van der Waals surface area contributed by atoms with Crippen LogP contribution < -0.4 is 4.74 Å². The highest BCUT2D eigenvalue weighted by Gasteiger charge is 2.30. The van der Waals surface area contributed by atoms with Crippen LogP contribution in [0, 0.1) is 0 Å². The van der Waals surface area contributed by atoms with Gasteiger partial charge in [0.15, 0.2) is 0 Å². The Morgan fingerprint density at radius 2 is 1.89 bits per heavy atom. The zero-order valence-electron chi connectivity index (χ0n) is 9.91. The highest BCUT2D eigenvalue weighted by molar-refractivity contribution is 9.08. The van der Waals surface area contributed by atoms with E-state index in [0.717, 1.165) is 11.3 Å². The van der Waals surface area contributed by atoms with Gasteiger partial charge in [0.2, 0.25) is 0 Å². The van der Waals surface area contributed by atoms with Gasteiger partial charge in [0.1, 0.15) is 5.75 Å². The lowest BCUT2D eigenvalue weighted by molar-refractivity contribution is -0.274. The minimum atomic E-state index is -4.67. The quantitative estimate of drug-likeness (QED) is 0.796. The number of halogens is 4. The van der Waals surface area contributed by atoms with E-state index in [1.807, 2.05) is 6.07 Å². The summed E-state index contributed by atoms with van der Waals surface area (Å²) < 4.78 is 41.6. The molecular weight excluding hydrogens is 325 g/mol. The molecule has 2 rings (SSSR count). The second-order valence-corrected chi connectivity index (χ2v) is 4.41. The Hall–Kier alpha value is -1.50. The first kappa shape index (κ1) is 13.9. The van der Waals surface area contributed by atoms with Gasteiger partial charge in [0, 0.05) is 23.6 Å². The second-order valence-electron chi connectivity index (χ2n) is 3.85. The molecule has 0 saturated carbocycles. The van der Waals surface area contributed by atoms with Crippen LogP contribution in [0.1, 0.15) is 5.69 Å². The predicted octanol–water partition coefficient (Wildman–Crippen LogP) is 3.88. The molecule has 0 bridgehead atoms. The van der Waals surface area contributed by atoms with Crippen LogP contribution in [0.5, 0.6) is 5.75 Å². The molecule has 0 aliphatic heterocycles. The molecular formula is C12H10BrF3N2O. The van der Waals surface area contributed by atoms with Crippen LogP contribution in [-0.4, -0.2) is 16.1 Å². The number of aromatic nitrogens is 2. The van der Waals surface area contributed by atoms with Gasteiger partial charge in [-0.15, -0.1) is 13.2 Å². The van der Waals surface area contributed by atoms with Gasteiger partial charge in [0.25, 0.3) is 0 Å². The third-order valence-electron chi connectivity index (χ3n) is 2.50. The number of rotatable bonds is 3. The van der Waals surface area contributed by atoms with E-state index < -0.39 is 6.36 Å². The average molecular weight is 335 g/mol. The molecule has 1 heterocycles. The Morgan fingerprint density at radius 3 is 2.37 bits per heavy atom. The largest absolute Gasteiger partial charge is 0.573 e. The van der Waals surface area contributed by atoms with Crippen molar-refractivity contribution in [2.75, 3.05) is 0 Å². The van der Waals surface area contributed by atoms with Gasteiger partial charge in [0.05, 0.1) is 5.69 Å². The van der Waals surface area contributed by atoms with E-state index in [-0.39, 0.29) is 5.75 Å². The number of aryl methyl sites for hydroxylation is 1. The fourth-order valence-electron chi connectivity index (χ4n) is 1.60. The van der Waals surface area contributed by atoms with Crippen LogP contribution in [0.15, 0.2) is 30.3 Å². The van der Waals surface area contributed by atoms with Crippen molar-refractivity contribution in [3.63, 3.8) is 0 Å². The molecule has 0 aliphatic rings. The molecule has 0 spiro atoms. The summed E-state index contributed by atoms with van der Waals surface area (Å²) >= 11 is 3.33. The molecule has 19 heavy (non-hydrogen) atoms. The monoisotopic (exact) mass is 334 g/mol. The highest BCUT2D eigenvalue weighted by Crippen LogP contribution is 2.26. The normalized spacial score (nSPS) is 11.6. The summed E-state index contributed by atoms with van der Waals surface area (Å²) in [6.45, 7) is 0. The molecule has 0 unspecified atom stereocenters. The van der Waals surface area contributed by atoms with Crippen molar-refractivity contribution in [3.05, 3.63) is 36.0 Å². The first-order chi connectivity index (χ1) is 8.89. The van der Waals surface area contributed by atoms with Gasteiger partial charge < -0.3 is 4.74 Å². The lowest BCUT2D eigenvalue weighted by Crippen LogP contribution is -2.16. The number of hydrogen-bond donors (Lipinski definition) is 0. The molecule has 1 aromatic heterocycles. The van der Waals surface area contributed by atoms with Crippen LogP contribution in [0.2, 0.25) is 0 Å². The molecule has 3 nitrogen and oxygen atoms in total. The van der Waals surface area contributed by atoms with E-state index in [1.54, 1.807) is 23.9 Å². The fourth-order valence-corrected chi connectivity index (χ4v) is 2.12. The van der Waals surface area contributed by atoms with E-state index in [1.165, 1.54) is 12.1 Å². The minimum Gasteiger partial charge on any atom is -0.406 e. The number of alkyl halides is 4. The van der Waals surface area contributed by atoms with Crippen molar-refractivity contribution in [3.8, 4) is 17.0 Å². The van der Waals surface area contributed by atoms with Crippen LogP contribution in [-0.2, 0) is 12.4 Å². The smallest absolute Gasteiger partial charge is 0.406 e. The summed E-state index contributed by atoms with van der Waals surface area (Å²) in [5.41, 5.74) is 2.42. The van der Waals surface area contributed by atoms with Gasteiger partial charge in [-0.05, 0) is 30.3 Å². The SMILES string of the molecule is Cn1nc(-c2ccc(OC(F)(F)F)cc2)cc1CBr. The zero-order valence-corrected chi connectivity index (χ0v) is 11.5. The molecule has 0 radical (unpaired) electrons. The van der Waals surface area contributed by atoms with Crippen LogP contribution in [0.4, 0.5) is 13.2 Å². The third kappa shape index (κ3) is 3.50. The molecule has 2 aromatic rings. The second kappa shape index (κ2) is 5.24. The molecule has 102 valence electrons. The van der Waals surface area contributed by atoms with E-state index >= 15 is 0 Å². The van der Waals surface area contributed by atoms with Crippen LogP contribution in [0.3, 0.4) is 0 Å². The maximum Gasteiger partial charge on any atom is 0.573 e. The van der Waals surface area contributed by atoms with Crippen molar-refractivity contribution in [1.82, 2.24) is 9.78 Å². The predicted molar refractivity (Wildman–Crippen MR) is 68.0 cm³/mol. The Morgan fingerprint density at radius 1 is 1.26 bits per heavy atom. The lowest BCUT2D eigenvalue weighted by atomic mass is 10.1. The Balaban J connectivity index is 2.22. The summed E-state index contributed by atoms with van der Waals surface area (Å²) in [6.07, 6.45) is -4.67. The Kier molecular flexibility index (Phi) is 3.84. The standard InChI is InChI=1S/C12H10BrF3N2O/c1-18-9(7-13)6-11(17-18)8-2-4-10(5-3-8)19-12(14,15)16/h2-6H,7H2,1H3. The number of hydrogen-bond acceptors (Lipinski definition) is 2. The number of ether oxygens (including phenoxy) is 1. The van der Waals surface area contributed by atoms with Crippen molar-refractivity contribution in [1.29, 1.82) is 0 Å². The maximum absolute atomic E-state index is 12.0. The van der Waals surface area contributed by atoms with Gasteiger partial charge >= 0.3 is 6.36 Å². The summed E-state index contributed by atoms with van der Waals surface area (Å²) in [6, 6.07) is 7.49. The Bertz CT molecular complexity index is 563. The van der Waals surface area contributed by atoms with Gasteiger partial charge in [-0.25, -0.2) is 0 Å². The summed E-state index contributed by atoms with van der Waals surface area (Å²) in [5, 5.41) is 4.94. The van der Waals surface area contributed by atoms with Gasteiger partial charge in [-0.1, -0.05) is 15.9 Å². The summed E-state index contributed by atoms with van der Waals surface area (Å²) in [7, 11) is 1.81. The first-order valence-electron chi connectivity index (χ1n) is 5.34. The Labute approximate surface area is 116 Å². The molecule has 0 saturated heterocycles. The number of benzene rings is 1. The molecule has 0 atom stereocenters. The van der Waals surface area contributed by atoms with E-state index in [0.29, 0.717) is 11.0 Å². The van der Waals surface area contributed by atoms with Crippen molar-refractivity contribution in [2.24, 2.45) is 7.05 Å². The molecule has 0 amide bonds. The number of nitrogens with zero attached hydrogens (tertiary/aromatic N) is 2. The molecule has 1 aromatic carbocycles. The molecule has 0 aliphatic carbocycles. The van der Waals surface area contributed by atoms with Crippen LogP contribution in [0.25, 0.3) is 11.3 Å². The summed E-state index contributed by atoms with van der Waals surface area (Å²) in [4.78, 5) is 0. The molecule has 7 heteroatoms.